The highest BCUT2D eigenvalue weighted by molar-refractivity contribution is 9.10. The van der Waals surface area contributed by atoms with Crippen molar-refractivity contribution < 1.29 is 14.7 Å². The Labute approximate surface area is 114 Å². The Balaban J connectivity index is 2.17. The third-order valence-corrected chi connectivity index (χ3v) is 3.75. The van der Waals surface area contributed by atoms with Crippen LogP contribution in [0.25, 0.3) is 0 Å². The zero-order chi connectivity index (χ0) is 13.3. The van der Waals surface area contributed by atoms with Crippen LogP contribution in [0.4, 0.5) is 0 Å². The molecule has 0 radical (unpaired) electrons. The number of carboxylic acids is 1. The number of likely N-dealkylation sites (tertiary alicyclic amines) is 1. The molecular weight excluding hydrogens is 298 g/mol. The van der Waals surface area contributed by atoms with Gasteiger partial charge in [-0.1, -0.05) is 22.0 Å². The van der Waals surface area contributed by atoms with Gasteiger partial charge in [0.2, 0.25) is 0 Å². The molecule has 1 N–H and O–H groups in total. The van der Waals surface area contributed by atoms with Crippen LogP contribution in [0.1, 0.15) is 22.3 Å². The van der Waals surface area contributed by atoms with E-state index in [1.165, 1.54) is 0 Å². The molecule has 2 rings (SSSR count). The highest BCUT2D eigenvalue weighted by Gasteiger charge is 2.31. The Hall–Kier alpha value is -1.36. The summed E-state index contributed by atoms with van der Waals surface area (Å²) in [6.07, 6.45) is 0.536. The standard InChI is InChI=1S/C13H14BrNO3/c1-8-2-3-10(14)6-11(8)12(16)15-5-4-9(7-15)13(17)18/h2-3,6,9H,4-5,7H2,1H3,(H,17,18)/t9-/m0/s1. The number of carboxylic acid groups (broad SMARTS) is 1. The number of carbonyl (C=O) groups excluding carboxylic acids is 1. The molecule has 1 fully saturated rings. The van der Waals surface area contributed by atoms with Crippen molar-refractivity contribution in [2.45, 2.75) is 13.3 Å². The molecule has 1 aliphatic rings. The second-order valence-electron chi connectivity index (χ2n) is 4.53. The second-order valence-corrected chi connectivity index (χ2v) is 5.45. The quantitative estimate of drug-likeness (QED) is 0.911. The van der Waals surface area contributed by atoms with Gasteiger partial charge in [0.1, 0.15) is 0 Å². The number of carbonyl (C=O) groups is 2. The van der Waals surface area contributed by atoms with Gasteiger partial charge in [-0.25, -0.2) is 0 Å². The van der Waals surface area contributed by atoms with E-state index < -0.39 is 11.9 Å². The maximum atomic E-state index is 12.3. The molecule has 1 heterocycles. The van der Waals surface area contributed by atoms with E-state index in [2.05, 4.69) is 15.9 Å². The Morgan fingerprint density at radius 2 is 2.17 bits per heavy atom. The van der Waals surface area contributed by atoms with Crippen molar-refractivity contribution >= 4 is 27.8 Å². The van der Waals surface area contributed by atoms with E-state index in [9.17, 15) is 9.59 Å². The minimum Gasteiger partial charge on any atom is -0.481 e. The molecule has 96 valence electrons. The highest BCUT2D eigenvalue weighted by atomic mass is 79.9. The average molecular weight is 312 g/mol. The number of benzene rings is 1. The van der Waals surface area contributed by atoms with Gasteiger partial charge in [0.25, 0.3) is 5.91 Å². The molecule has 1 amide bonds. The number of aryl methyl sites for hydroxylation is 1. The second kappa shape index (κ2) is 5.10. The van der Waals surface area contributed by atoms with E-state index >= 15 is 0 Å². The Kier molecular flexibility index (Phi) is 3.71. The topological polar surface area (TPSA) is 57.6 Å². The van der Waals surface area contributed by atoms with Gasteiger partial charge in [0.15, 0.2) is 0 Å². The number of amides is 1. The molecule has 4 nitrogen and oxygen atoms in total. The zero-order valence-electron chi connectivity index (χ0n) is 10.0. The van der Waals surface area contributed by atoms with E-state index in [0.29, 0.717) is 25.1 Å². The highest BCUT2D eigenvalue weighted by Crippen LogP contribution is 2.22. The summed E-state index contributed by atoms with van der Waals surface area (Å²) in [5.74, 6) is -1.34. The number of hydrogen-bond donors (Lipinski definition) is 1. The first-order chi connectivity index (χ1) is 8.49. The maximum Gasteiger partial charge on any atom is 0.308 e. The van der Waals surface area contributed by atoms with E-state index in [0.717, 1.165) is 10.0 Å². The number of hydrogen-bond acceptors (Lipinski definition) is 2. The summed E-state index contributed by atoms with van der Waals surface area (Å²) in [7, 11) is 0. The monoisotopic (exact) mass is 311 g/mol. The Bertz CT molecular complexity index is 501. The molecule has 18 heavy (non-hydrogen) atoms. The Morgan fingerprint density at radius 1 is 1.44 bits per heavy atom. The smallest absolute Gasteiger partial charge is 0.308 e. The van der Waals surface area contributed by atoms with Crippen LogP contribution in [-0.2, 0) is 4.79 Å². The van der Waals surface area contributed by atoms with Crippen molar-refractivity contribution in [3.8, 4) is 0 Å². The van der Waals surface area contributed by atoms with Crippen LogP contribution < -0.4 is 0 Å². The van der Waals surface area contributed by atoms with E-state index in [4.69, 9.17) is 5.11 Å². The molecule has 0 bridgehead atoms. The molecule has 0 aromatic heterocycles. The SMILES string of the molecule is Cc1ccc(Br)cc1C(=O)N1CC[C@H](C(=O)O)C1. The van der Waals surface area contributed by atoms with E-state index in [1.807, 2.05) is 19.1 Å². The predicted octanol–water partition coefficient (Wildman–Crippen LogP) is 2.30. The first-order valence-electron chi connectivity index (χ1n) is 5.77. The fourth-order valence-corrected chi connectivity index (χ4v) is 2.50. The summed E-state index contributed by atoms with van der Waals surface area (Å²) >= 11 is 3.34. The minimum atomic E-state index is -0.823. The van der Waals surface area contributed by atoms with Gasteiger partial charge in [0, 0.05) is 23.1 Å². The third-order valence-electron chi connectivity index (χ3n) is 3.25. The predicted molar refractivity (Wildman–Crippen MR) is 70.5 cm³/mol. The fraction of sp³-hybridized carbons (Fsp3) is 0.385. The molecule has 5 heteroatoms. The lowest BCUT2D eigenvalue weighted by atomic mass is 10.1. The first-order valence-corrected chi connectivity index (χ1v) is 6.56. The van der Waals surface area contributed by atoms with Crippen LogP contribution in [0.3, 0.4) is 0 Å². The van der Waals surface area contributed by atoms with Crippen molar-refractivity contribution in [3.05, 3.63) is 33.8 Å². The van der Waals surface area contributed by atoms with Crippen LogP contribution in [0.15, 0.2) is 22.7 Å². The molecule has 1 saturated heterocycles. The molecule has 0 aliphatic carbocycles. The van der Waals surface area contributed by atoms with Crippen molar-refractivity contribution in [2.24, 2.45) is 5.92 Å². The van der Waals surface area contributed by atoms with Gasteiger partial charge >= 0.3 is 5.97 Å². The lowest BCUT2D eigenvalue weighted by Gasteiger charge is -2.17. The molecule has 0 spiro atoms. The number of rotatable bonds is 2. The average Bonchev–Trinajstić information content (AvgIpc) is 2.81. The van der Waals surface area contributed by atoms with Crippen LogP contribution in [0.2, 0.25) is 0 Å². The molecule has 1 aromatic rings. The van der Waals surface area contributed by atoms with Crippen LogP contribution in [0, 0.1) is 12.8 Å². The van der Waals surface area contributed by atoms with Crippen molar-refractivity contribution in [3.63, 3.8) is 0 Å². The number of aliphatic carboxylic acids is 1. The van der Waals surface area contributed by atoms with Crippen molar-refractivity contribution in [2.75, 3.05) is 13.1 Å². The molecule has 0 unspecified atom stereocenters. The van der Waals surface area contributed by atoms with Gasteiger partial charge < -0.3 is 10.0 Å². The minimum absolute atomic E-state index is 0.0856. The van der Waals surface area contributed by atoms with Gasteiger partial charge in [-0.2, -0.15) is 0 Å². The normalized spacial score (nSPS) is 19.0. The third kappa shape index (κ3) is 2.56. The summed E-state index contributed by atoms with van der Waals surface area (Å²) in [5, 5.41) is 8.94. The molecule has 0 saturated carbocycles. The van der Waals surface area contributed by atoms with Gasteiger partial charge in [-0.3, -0.25) is 9.59 Å². The summed E-state index contributed by atoms with van der Waals surface area (Å²) in [6, 6.07) is 5.55. The number of nitrogens with zero attached hydrogens (tertiary/aromatic N) is 1. The van der Waals surface area contributed by atoms with Gasteiger partial charge in [-0.15, -0.1) is 0 Å². The summed E-state index contributed by atoms with van der Waals surface area (Å²) in [5.41, 5.74) is 1.54. The lowest BCUT2D eigenvalue weighted by Crippen LogP contribution is -2.30. The molecular formula is C13H14BrNO3. The van der Waals surface area contributed by atoms with Crippen molar-refractivity contribution in [1.82, 2.24) is 4.90 Å². The summed E-state index contributed by atoms with van der Waals surface area (Å²) in [4.78, 5) is 24.8. The Morgan fingerprint density at radius 3 is 2.78 bits per heavy atom. The van der Waals surface area contributed by atoms with E-state index in [-0.39, 0.29) is 5.91 Å². The first kappa shape index (κ1) is 13.1. The van der Waals surface area contributed by atoms with Gasteiger partial charge in [-0.05, 0) is 31.0 Å². The lowest BCUT2D eigenvalue weighted by molar-refractivity contribution is -0.141. The van der Waals surface area contributed by atoms with Crippen molar-refractivity contribution in [1.29, 1.82) is 0 Å². The molecule has 1 aromatic carbocycles. The van der Waals surface area contributed by atoms with Crippen LogP contribution >= 0.6 is 15.9 Å². The zero-order valence-corrected chi connectivity index (χ0v) is 11.6. The van der Waals surface area contributed by atoms with E-state index in [1.54, 1.807) is 11.0 Å². The van der Waals surface area contributed by atoms with Gasteiger partial charge in [0.05, 0.1) is 5.92 Å². The largest absolute Gasteiger partial charge is 0.481 e. The van der Waals surface area contributed by atoms with Crippen LogP contribution in [0.5, 0.6) is 0 Å². The van der Waals surface area contributed by atoms with Crippen LogP contribution in [-0.4, -0.2) is 35.0 Å². The summed E-state index contributed by atoms with van der Waals surface area (Å²) in [6.45, 7) is 2.70. The molecule has 1 aliphatic heterocycles. The maximum absolute atomic E-state index is 12.3. The summed E-state index contributed by atoms with van der Waals surface area (Å²) < 4.78 is 0.852. The molecule has 1 atom stereocenters. The number of halogens is 1. The fourth-order valence-electron chi connectivity index (χ4n) is 2.14.